The van der Waals surface area contributed by atoms with Gasteiger partial charge >= 0.3 is 0 Å². The van der Waals surface area contributed by atoms with Gasteiger partial charge in [-0.3, -0.25) is 0 Å². The Morgan fingerprint density at radius 3 is 2.38 bits per heavy atom. The van der Waals surface area contributed by atoms with Gasteiger partial charge in [0.1, 0.15) is 0 Å². The molecule has 1 aliphatic carbocycles. The van der Waals surface area contributed by atoms with E-state index < -0.39 is 0 Å². The average Bonchev–Trinajstić information content (AvgIpc) is 2.95. The summed E-state index contributed by atoms with van der Waals surface area (Å²) in [6.07, 6.45) is 4.12. The molecule has 0 saturated heterocycles. The normalized spacial score (nSPS) is 17.2. The van der Waals surface area contributed by atoms with Crippen molar-refractivity contribution in [3.63, 3.8) is 0 Å². The Bertz CT molecular complexity index is 363. The van der Waals surface area contributed by atoms with Crippen LogP contribution in [-0.4, -0.2) is 6.04 Å². The zero-order valence-corrected chi connectivity index (χ0v) is 12.9. The van der Waals surface area contributed by atoms with Crippen LogP contribution in [0.1, 0.15) is 31.7 Å². The molecule has 0 spiro atoms. The minimum Gasteiger partial charge on any atom is -0.381 e. The molecule has 1 N–H and O–H groups in total. The number of rotatable bonds is 4. The molecule has 1 unspecified atom stereocenters. The molecule has 2 rings (SSSR count). The number of halogens is 2. The molecule has 0 aromatic heterocycles. The summed E-state index contributed by atoms with van der Waals surface area (Å²) >= 11 is 7.23. The molecule has 1 saturated carbocycles. The van der Waals surface area contributed by atoms with Crippen LogP contribution in [-0.2, 0) is 0 Å². The van der Waals surface area contributed by atoms with Crippen molar-refractivity contribution < 1.29 is 0 Å². The van der Waals surface area contributed by atoms with Gasteiger partial charge in [0.05, 0.1) is 5.69 Å². The van der Waals surface area contributed by atoms with Crippen LogP contribution < -0.4 is 5.32 Å². The second kappa shape index (κ2) is 5.09. The minimum atomic E-state index is 0.544. The highest BCUT2D eigenvalue weighted by Gasteiger charge is 2.23. The molecule has 88 valence electrons. The zero-order valence-electron chi connectivity index (χ0n) is 9.69. The lowest BCUT2D eigenvalue weighted by Crippen LogP contribution is -2.16. The summed E-state index contributed by atoms with van der Waals surface area (Å²) < 4.78 is 2.28. The first-order chi connectivity index (χ1) is 7.56. The Kier molecular flexibility index (Phi) is 3.96. The van der Waals surface area contributed by atoms with Gasteiger partial charge in [-0.05, 0) is 75.7 Å². The van der Waals surface area contributed by atoms with Gasteiger partial charge < -0.3 is 5.32 Å². The number of hydrogen-bond donors (Lipinski definition) is 1. The molecule has 0 radical (unpaired) electrons. The topological polar surface area (TPSA) is 12.0 Å². The van der Waals surface area contributed by atoms with Crippen LogP contribution in [0.25, 0.3) is 0 Å². The smallest absolute Gasteiger partial charge is 0.0631 e. The van der Waals surface area contributed by atoms with Crippen molar-refractivity contribution in [2.45, 2.75) is 39.2 Å². The molecule has 1 nitrogen and oxygen atoms in total. The largest absolute Gasteiger partial charge is 0.381 e. The number of anilines is 1. The second-order valence-corrected chi connectivity index (χ2v) is 6.54. The second-order valence-electron chi connectivity index (χ2n) is 4.83. The van der Waals surface area contributed by atoms with Gasteiger partial charge in [0.25, 0.3) is 0 Å². The Hall–Kier alpha value is -0.0200. The summed E-state index contributed by atoms with van der Waals surface area (Å²) in [6, 6.07) is 4.84. The molecular formula is C13H17Br2N. The first-order valence-corrected chi connectivity index (χ1v) is 7.37. The molecule has 1 aromatic carbocycles. The Balaban J connectivity index is 2.07. The lowest BCUT2D eigenvalue weighted by molar-refractivity contribution is 0.641. The Labute approximate surface area is 114 Å². The van der Waals surface area contributed by atoms with Gasteiger partial charge in [-0.15, -0.1) is 0 Å². The lowest BCUT2D eigenvalue weighted by Gasteiger charge is -2.18. The summed E-state index contributed by atoms with van der Waals surface area (Å²) in [5.74, 6) is 0.963. The van der Waals surface area contributed by atoms with E-state index in [4.69, 9.17) is 0 Å². The summed E-state index contributed by atoms with van der Waals surface area (Å²) in [7, 11) is 0. The molecule has 0 amide bonds. The number of nitrogens with one attached hydrogen (secondary N) is 1. The summed E-state index contributed by atoms with van der Waals surface area (Å²) in [5.41, 5.74) is 2.44. The van der Waals surface area contributed by atoms with Crippen LogP contribution in [0.3, 0.4) is 0 Å². The molecule has 3 heteroatoms. The summed E-state index contributed by atoms with van der Waals surface area (Å²) in [4.78, 5) is 0. The highest BCUT2D eigenvalue weighted by atomic mass is 79.9. The number of benzene rings is 1. The van der Waals surface area contributed by atoms with Gasteiger partial charge in [-0.1, -0.05) is 12.8 Å². The molecule has 0 aliphatic heterocycles. The van der Waals surface area contributed by atoms with E-state index in [0.29, 0.717) is 6.04 Å². The highest BCUT2D eigenvalue weighted by molar-refractivity contribution is 9.11. The molecule has 1 aromatic rings. The van der Waals surface area contributed by atoms with Gasteiger partial charge in [-0.2, -0.15) is 0 Å². The van der Waals surface area contributed by atoms with E-state index in [1.807, 2.05) is 0 Å². The molecule has 1 atom stereocenters. The fraction of sp³-hybridized carbons (Fsp3) is 0.538. The van der Waals surface area contributed by atoms with E-state index in [0.717, 1.165) is 14.9 Å². The minimum absolute atomic E-state index is 0.544. The van der Waals surface area contributed by atoms with Crippen molar-refractivity contribution in [2.75, 3.05) is 5.32 Å². The average molecular weight is 347 g/mol. The van der Waals surface area contributed by atoms with E-state index in [1.165, 1.54) is 30.5 Å². The van der Waals surface area contributed by atoms with E-state index in [2.05, 4.69) is 63.2 Å². The maximum absolute atomic E-state index is 3.62. The molecule has 16 heavy (non-hydrogen) atoms. The molecule has 1 aliphatic rings. The number of hydrogen-bond acceptors (Lipinski definition) is 1. The summed E-state index contributed by atoms with van der Waals surface area (Å²) in [5, 5.41) is 3.58. The molecule has 1 fully saturated rings. The molecular weight excluding hydrogens is 330 g/mol. The predicted molar refractivity (Wildman–Crippen MR) is 77.0 cm³/mol. The maximum atomic E-state index is 3.62. The van der Waals surface area contributed by atoms with Crippen molar-refractivity contribution in [3.8, 4) is 0 Å². The maximum Gasteiger partial charge on any atom is 0.0631 e. The first-order valence-electron chi connectivity index (χ1n) is 5.78. The zero-order chi connectivity index (χ0) is 11.7. The Morgan fingerprint density at radius 1 is 1.31 bits per heavy atom. The molecule has 0 heterocycles. The van der Waals surface area contributed by atoms with Crippen LogP contribution in [0, 0.1) is 12.8 Å². The van der Waals surface area contributed by atoms with Crippen molar-refractivity contribution in [3.05, 3.63) is 26.6 Å². The molecule has 0 bridgehead atoms. The van der Waals surface area contributed by atoms with Crippen molar-refractivity contribution >= 4 is 37.5 Å². The first kappa shape index (κ1) is 12.4. The van der Waals surface area contributed by atoms with Crippen LogP contribution in [0.5, 0.6) is 0 Å². The van der Waals surface area contributed by atoms with E-state index in [-0.39, 0.29) is 0 Å². The third-order valence-corrected chi connectivity index (χ3v) is 4.21. The van der Waals surface area contributed by atoms with Crippen LogP contribution >= 0.6 is 31.9 Å². The third kappa shape index (κ3) is 3.24. The van der Waals surface area contributed by atoms with Crippen molar-refractivity contribution in [1.29, 1.82) is 0 Å². The van der Waals surface area contributed by atoms with Gasteiger partial charge in [0.2, 0.25) is 0 Å². The number of aryl methyl sites for hydroxylation is 1. The quantitative estimate of drug-likeness (QED) is 0.797. The predicted octanol–water partition coefficient (Wildman–Crippen LogP) is 5.12. The van der Waals surface area contributed by atoms with E-state index in [9.17, 15) is 0 Å². The van der Waals surface area contributed by atoms with Crippen LogP contribution in [0.4, 0.5) is 5.69 Å². The van der Waals surface area contributed by atoms with Gasteiger partial charge in [-0.25, -0.2) is 0 Å². The standard InChI is InChI=1S/C13H17Br2N/c1-8-5-11(14)13(12(15)6-8)16-9(2)7-10-3-4-10/h5-6,9-10,16H,3-4,7H2,1-2H3. The summed E-state index contributed by atoms with van der Waals surface area (Å²) in [6.45, 7) is 4.37. The monoisotopic (exact) mass is 345 g/mol. The van der Waals surface area contributed by atoms with Crippen LogP contribution in [0.15, 0.2) is 21.1 Å². The Morgan fingerprint density at radius 2 is 1.88 bits per heavy atom. The van der Waals surface area contributed by atoms with Gasteiger partial charge in [0.15, 0.2) is 0 Å². The van der Waals surface area contributed by atoms with Crippen molar-refractivity contribution in [2.24, 2.45) is 5.92 Å². The van der Waals surface area contributed by atoms with E-state index in [1.54, 1.807) is 0 Å². The van der Waals surface area contributed by atoms with Crippen LogP contribution in [0.2, 0.25) is 0 Å². The lowest BCUT2D eigenvalue weighted by atomic mass is 10.1. The fourth-order valence-corrected chi connectivity index (χ4v) is 3.64. The fourth-order valence-electron chi connectivity index (χ4n) is 2.00. The SMILES string of the molecule is Cc1cc(Br)c(NC(C)CC2CC2)c(Br)c1. The van der Waals surface area contributed by atoms with Crippen molar-refractivity contribution in [1.82, 2.24) is 0 Å². The third-order valence-electron chi connectivity index (χ3n) is 2.96. The van der Waals surface area contributed by atoms with E-state index >= 15 is 0 Å². The van der Waals surface area contributed by atoms with Gasteiger partial charge in [0, 0.05) is 15.0 Å². The highest BCUT2D eigenvalue weighted by Crippen LogP contribution is 2.36.